The van der Waals surface area contributed by atoms with E-state index in [1.54, 1.807) is 0 Å². The van der Waals surface area contributed by atoms with Crippen LogP contribution < -0.4 is 20.0 Å². The summed E-state index contributed by atoms with van der Waals surface area (Å²) in [5, 5.41) is 2.23. The highest BCUT2D eigenvalue weighted by Crippen LogP contribution is 2.16. The number of nitrogens with zero attached hydrogens (tertiary/aromatic N) is 3. The van der Waals surface area contributed by atoms with Crippen LogP contribution in [0.15, 0.2) is 34.9 Å². The molecule has 0 amide bonds. The van der Waals surface area contributed by atoms with Crippen LogP contribution in [-0.2, 0) is 7.05 Å². The van der Waals surface area contributed by atoms with Gasteiger partial charge in [0.05, 0.1) is 13.2 Å². The van der Waals surface area contributed by atoms with Gasteiger partial charge < -0.3 is 4.42 Å². The maximum atomic E-state index is 5.99. The molecule has 0 saturated carbocycles. The molecule has 0 bridgehead atoms. The molecule has 0 aliphatic carbocycles. The molecule has 4 heterocycles. The van der Waals surface area contributed by atoms with Gasteiger partial charge in [-0.3, -0.25) is 4.81 Å². The van der Waals surface area contributed by atoms with E-state index in [1.165, 1.54) is 5.56 Å². The number of fused-ring (bicyclic) bond motifs is 3. The Morgan fingerprint density at radius 1 is 1.22 bits per heavy atom. The highest BCUT2D eigenvalue weighted by atomic mass is 16.3. The molecule has 114 valence electrons. The number of rotatable bonds is 1. The third kappa shape index (κ3) is 2.24. The van der Waals surface area contributed by atoms with Gasteiger partial charge in [-0.15, -0.1) is 0 Å². The fourth-order valence-electron chi connectivity index (χ4n) is 3.13. The van der Waals surface area contributed by atoms with E-state index in [4.69, 9.17) is 4.42 Å². The van der Waals surface area contributed by atoms with Crippen LogP contribution in [0.4, 0.5) is 5.82 Å². The van der Waals surface area contributed by atoms with Crippen molar-refractivity contribution < 1.29 is 8.98 Å². The SMILES string of the molecule is CB1C=c2c(oc3nc(C)ccc23)=CN1c1cc(C)cc[n+]1C. The Kier molecular flexibility index (Phi) is 3.05. The summed E-state index contributed by atoms with van der Waals surface area (Å²) in [4.78, 5) is 6.75. The molecule has 3 aromatic rings. The Hall–Kier alpha value is -2.56. The summed E-state index contributed by atoms with van der Waals surface area (Å²) >= 11 is 0. The van der Waals surface area contributed by atoms with E-state index >= 15 is 0 Å². The standard InChI is InChI=1S/C18H19BN3O/c1-12-7-8-21(4)17(9-12)22-11-16-15(10-19(22)3)14-6-5-13(2)20-18(14)23-16/h5-11H,1-4H3/q+1. The third-order valence-corrected chi connectivity index (χ3v) is 4.41. The molecule has 1 aliphatic heterocycles. The number of pyridine rings is 2. The normalized spacial score (nSPS) is 13.7. The van der Waals surface area contributed by atoms with Gasteiger partial charge in [-0.05, 0) is 44.4 Å². The largest absolute Gasteiger partial charge is 0.434 e. The van der Waals surface area contributed by atoms with Crippen molar-refractivity contribution in [1.82, 2.24) is 4.98 Å². The van der Waals surface area contributed by atoms with Gasteiger partial charge in [0.1, 0.15) is 6.20 Å². The fraction of sp³-hybridized carbons (Fsp3) is 0.222. The molecule has 0 radical (unpaired) electrons. The van der Waals surface area contributed by atoms with E-state index in [9.17, 15) is 0 Å². The molecule has 0 unspecified atom stereocenters. The molecule has 0 aromatic carbocycles. The summed E-state index contributed by atoms with van der Waals surface area (Å²) < 4.78 is 8.12. The first-order valence-electron chi connectivity index (χ1n) is 7.87. The predicted molar refractivity (Wildman–Crippen MR) is 93.4 cm³/mol. The summed E-state index contributed by atoms with van der Waals surface area (Å²) in [6, 6.07) is 8.43. The zero-order chi connectivity index (χ0) is 16.1. The summed E-state index contributed by atoms with van der Waals surface area (Å²) in [5.74, 6) is 3.39. The van der Waals surface area contributed by atoms with Crippen molar-refractivity contribution >= 4 is 35.9 Å². The van der Waals surface area contributed by atoms with Gasteiger partial charge >= 0.3 is 6.85 Å². The Morgan fingerprint density at radius 3 is 2.87 bits per heavy atom. The zero-order valence-electron chi connectivity index (χ0n) is 13.9. The summed E-state index contributed by atoms with van der Waals surface area (Å²) in [6.45, 7) is 6.54. The Labute approximate surface area is 135 Å². The first-order valence-corrected chi connectivity index (χ1v) is 7.87. The van der Waals surface area contributed by atoms with Crippen LogP contribution >= 0.6 is 0 Å². The highest BCUT2D eigenvalue weighted by Gasteiger charge is 2.29. The topological polar surface area (TPSA) is 33.2 Å². The Balaban J connectivity index is 1.95. The predicted octanol–water partition coefficient (Wildman–Crippen LogP) is 1.47. The minimum absolute atomic E-state index is 0.248. The lowest BCUT2D eigenvalue weighted by molar-refractivity contribution is -0.658. The average Bonchev–Trinajstić information content (AvgIpc) is 2.85. The molecule has 3 aromatic heterocycles. The van der Waals surface area contributed by atoms with Gasteiger partial charge in [-0.2, -0.15) is 0 Å². The molecule has 23 heavy (non-hydrogen) atoms. The third-order valence-electron chi connectivity index (χ3n) is 4.41. The minimum atomic E-state index is 0.248. The van der Waals surface area contributed by atoms with Crippen LogP contribution in [0.2, 0.25) is 6.82 Å². The van der Waals surface area contributed by atoms with E-state index in [0.717, 1.165) is 27.5 Å². The summed E-state index contributed by atoms with van der Waals surface area (Å²) in [7, 11) is 2.06. The number of hydrogen-bond donors (Lipinski definition) is 0. The number of aryl methyl sites for hydroxylation is 3. The second kappa shape index (κ2) is 4.98. The lowest BCUT2D eigenvalue weighted by Gasteiger charge is -2.18. The van der Waals surface area contributed by atoms with Crippen LogP contribution in [0.5, 0.6) is 0 Å². The molecule has 4 nitrogen and oxygen atoms in total. The van der Waals surface area contributed by atoms with E-state index in [-0.39, 0.29) is 6.85 Å². The van der Waals surface area contributed by atoms with Crippen molar-refractivity contribution in [3.05, 3.63) is 52.4 Å². The summed E-state index contributed by atoms with van der Waals surface area (Å²) in [5.41, 5.74) is 3.80. The highest BCUT2D eigenvalue weighted by molar-refractivity contribution is 6.77. The van der Waals surface area contributed by atoms with Crippen molar-refractivity contribution in [3.63, 3.8) is 0 Å². The average molecular weight is 304 g/mol. The van der Waals surface area contributed by atoms with Crippen molar-refractivity contribution in [3.8, 4) is 0 Å². The number of aromatic nitrogens is 2. The lowest BCUT2D eigenvalue weighted by Crippen LogP contribution is -2.47. The second-order valence-corrected chi connectivity index (χ2v) is 6.30. The van der Waals surface area contributed by atoms with E-state index in [0.29, 0.717) is 5.71 Å². The van der Waals surface area contributed by atoms with Gasteiger partial charge in [0.2, 0.25) is 5.71 Å². The molecule has 5 heteroatoms. The van der Waals surface area contributed by atoms with Crippen LogP contribution in [0.1, 0.15) is 11.3 Å². The molecular formula is C18H19BN3O+. The molecule has 0 atom stereocenters. The van der Waals surface area contributed by atoms with Gasteiger partial charge in [0.25, 0.3) is 5.82 Å². The summed E-state index contributed by atoms with van der Waals surface area (Å²) in [6.07, 6.45) is 4.18. The number of anilines is 1. The first-order chi connectivity index (χ1) is 11.0. The lowest BCUT2D eigenvalue weighted by atomic mass is 9.61. The molecular weight excluding hydrogens is 285 g/mol. The van der Waals surface area contributed by atoms with Crippen molar-refractivity contribution in [1.29, 1.82) is 0 Å². The second-order valence-electron chi connectivity index (χ2n) is 6.30. The van der Waals surface area contributed by atoms with Crippen LogP contribution in [-0.4, -0.2) is 11.8 Å². The minimum Gasteiger partial charge on any atom is -0.434 e. The van der Waals surface area contributed by atoms with Crippen LogP contribution in [0.3, 0.4) is 0 Å². The van der Waals surface area contributed by atoms with Crippen LogP contribution in [0.25, 0.3) is 23.3 Å². The molecule has 0 spiro atoms. The number of furan rings is 1. The molecule has 4 rings (SSSR count). The molecule has 1 aliphatic rings. The monoisotopic (exact) mass is 304 g/mol. The number of hydrogen-bond acceptors (Lipinski definition) is 3. The van der Waals surface area contributed by atoms with E-state index in [2.05, 4.69) is 71.7 Å². The fourth-order valence-corrected chi connectivity index (χ4v) is 3.13. The maximum Gasteiger partial charge on any atom is 0.402 e. The zero-order valence-corrected chi connectivity index (χ0v) is 13.9. The first kappa shape index (κ1) is 14.1. The maximum absolute atomic E-state index is 5.99. The van der Waals surface area contributed by atoms with Crippen molar-refractivity contribution in [2.75, 3.05) is 4.81 Å². The van der Waals surface area contributed by atoms with Gasteiger partial charge in [0, 0.05) is 22.4 Å². The van der Waals surface area contributed by atoms with Crippen molar-refractivity contribution in [2.24, 2.45) is 7.05 Å². The van der Waals surface area contributed by atoms with Gasteiger partial charge in [-0.1, -0.05) is 5.98 Å². The molecule has 0 fully saturated rings. The molecule has 0 saturated heterocycles. The Morgan fingerprint density at radius 2 is 2.04 bits per heavy atom. The molecule has 0 N–H and O–H groups in total. The van der Waals surface area contributed by atoms with Gasteiger partial charge in [0.15, 0.2) is 5.42 Å². The van der Waals surface area contributed by atoms with Gasteiger partial charge in [-0.25, -0.2) is 9.55 Å². The van der Waals surface area contributed by atoms with Crippen LogP contribution in [0, 0.1) is 13.8 Å². The quantitative estimate of drug-likeness (QED) is 0.504. The van der Waals surface area contributed by atoms with E-state index < -0.39 is 0 Å². The van der Waals surface area contributed by atoms with E-state index in [1.807, 2.05) is 13.0 Å². The Bertz CT molecular complexity index is 1040. The van der Waals surface area contributed by atoms with Crippen molar-refractivity contribution in [2.45, 2.75) is 20.7 Å². The smallest absolute Gasteiger partial charge is 0.402 e.